The Morgan fingerprint density at radius 2 is 1.84 bits per heavy atom. The minimum absolute atomic E-state index is 0.119. The molecular weight excluding hydrogens is 334 g/mol. The molecule has 2 aromatic rings. The van der Waals surface area contributed by atoms with E-state index in [-0.39, 0.29) is 17.0 Å². The van der Waals surface area contributed by atoms with Crippen molar-refractivity contribution in [1.29, 1.82) is 0 Å². The number of carbonyl (C=O) groups excluding carboxylic acids is 1. The molecule has 0 aliphatic heterocycles. The van der Waals surface area contributed by atoms with Gasteiger partial charge in [-0.05, 0) is 35.6 Å². The zero-order chi connectivity index (χ0) is 17.9. The quantitative estimate of drug-likeness (QED) is 0.900. The lowest BCUT2D eigenvalue weighted by atomic mass is 9.70. The molecule has 5 heteroatoms. The highest BCUT2D eigenvalue weighted by molar-refractivity contribution is 7.92. The molecule has 2 saturated carbocycles. The number of rotatable bonds is 4. The first-order valence-corrected chi connectivity index (χ1v) is 10.4. The first-order valence-electron chi connectivity index (χ1n) is 8.77. The summed E-state index contributed by atoms with van der Waals surface area (Å²) < 4.78 is 28.6. The Labute approximate surface area is 148 Å². The predicted octanol–water partition coefficient (Wildman–Crippen LogP) is 3.98. The molecular formula is C20H23NO3S. The second-order valence-corrected chi connectivity index (χ2v) is 9.78. The normalized spacial score (nSPS) is 27.8. The van der Waals surface area contributed by atoms with Crippen LogP contribution in [0.25, 0.3) is 10.8 Å². The number of anilines is 1. The van der Waals surface area contributed by atoms with Crippen molar-refractivity contribution in [2.45, 2.75) is 33.1 Å². The van der Waals surface area contributed by atoms with E-state index in [9.17, 15) is 13.2 Å². The molecule has 2 aliphatic carbocycles. The van der Waals surface area contributed by atoms with Gasteiger partial charge < -0.3 is 0 Å². The summed E-state index contributed by atoms with van der Waals surface area (Å²) in [4.78, 5) is 12.6. The highest BCUT2D eigenvalue weighted by Crippen LogP contribution is 2.64. The molecule has 4 rings (SSSR count). The zero-order valence-corrected chi connectivity index (χ0v) is 15.4. The van der Waals surface area contributed by atoms with Gasteiger partial charge in [-0.25, -0.2) is 8.42 Å². The fraction of sp³-hybridized carbons (Fsp3) is 0.450. The lowest BCUT2D eigenvalue weighted by Gasteiger charge is -2.36. The van der Waals surface area contributed by atoms with E-state index in [4.69, 9.17) is 0 Å². The van der Waals surface area contributed by atoms with Crippen LogP contribution in [0.1, 0.15) is 33.1 Å². The maximum atomic E-state index is 13.0. The summed E-state index contributed by atoms with van der Waals surface area (Å²) in [6, 6.07) is 13.3. The summed E-state index contributed by atoms with van der Waals surface area (Å²) in [7, 11) is -3.63. The van der Waals surface area contributed by atoms with Crippen LogP contribution in [-0.2, 0) is 14.8 Å². The second kappa shape index (κ2) is 5.31. The van der Waals surface area contributed by atoms with Crippen LogP contribution >= 0.6 is 0 Å². The molecule has 132 valence electrons. The third kappa shape index (κ3) is 2.40. The number of sulfonamides is 1. The molecule has 2 atom stereocenters. The minimum atomic E-state index is -3.63. The Bertz CT molecular complexity index is 959. The van der Waals surface area contributed by atoms with Gasteiger partial charge in [-0.2, -0.15) is 0 Å². The number of carbonyl (C=O) groups is 1. The number of benzene rings is 2. The Balaban J connectivity index is 1.68. The van der Waals surface area contributed by atoms with E-state index in [1.807, 2.05) is 36.4 Å². The molecule has 2 bridgehead atoms. The van der Waals surface area contributed by atoms with Crippen LogP contribution in [-0.4, -0.2) is 20.0 Å². The van der Waals surface area contributed by atoms with Gasteiger partial charge in [-0.15, -0.1) is 0 Å². The van der Waals surface area contributed by atoms with E-state index in [1.165, 1.54) is 0 Å². The maximum absolute atomic E-state index is 13.0. The lowest BCUT2D eigenvalue weighted by Crippen LogP contribution is -2.43. The van der Waals surface area contributed by atoms with Gasteiger partial charge in [0.25, 0.3) is 0 Å². The van der Waals surface area contributed by atoms with Crippen molar-refractivity contribution in [2.24, 2.45) is 16.7 Å². The van der Waals surface area contributed by atoms with Gasteiger partial charge in [0.2, 0.25) is 10.0 Å². The van der Waals surface area contributed by atoms with Crippen molar-refractivity contribution in [3.05, 3.63) is 42.5 Å². The topological polar surface area (TPSA) is 63.2 Å². The van der Waals surface area contributed by atoms with Crippen molar-refractivity contribution in [3.8, 4) is 0 Å². The number of hydrogen-bond donors (Lipinski definition) is 1. The van der Waals surface area contributed by atoms with Gasteiger partial charge >= 0.3 is 0 Å². The van der Waals surface area contributed by atoms with E-state index in [2.05, 4.69) is 18.6 Å². The summed E-state index contributed by atoms with van der Waals surface area (Å²) in [5, 5.41) is 1.85. The average molecular weight is 357 g/mol. The van der Waals surface area contributed by atoms with Gasteiger partial charge in [0.15, 0.2) is 0 Å². The summed E-state index contributed by atoms with van der Waals surface area (Å²) in [5.74, 6) is 0.316. The van der Waals surface area contributed by atoms with Crippen LogP contribution in [0.2, 0.25) is 0 Å². The molecule has 0 aromatic heterocycles. The Morgan fingerprint density at radius 1 is 1.12 bits per heavy atom. The average Bonchev–Trinajstić information content (AvgIpc) is 2.88. The summed E-state index contributed by atoms with van der Waals surface area (Å²) in [6.45, 7) is 4.12. The van der Waals surface area contributed by atoms with Crippen LogP contribution in [0.3, 0.4) is 0 Å². The van der Waals surface area contributed by atoms with E-state index in [0.717, 1.165) is 17.2 Å². The van der Waals surface area contributed by atoms with Crippen molar-refractivity contribution in [1.82, 2.24) is 0 Å². The molecule has 0 saturated heterocycles. The van der Waals surface area contributed by atoms with Crippen molar-refractivity contribution in [3.63, 3.8) is 0 Å². The summed E-state index contributed by atoms with van der Waals surface area (Å²) in [5.41, 5.74) is -0.418. The molecule has 2 fully saturated rings. The molecule has 2 aliphatic rings. The third-order valence-electron chi connectivity index (χ3n) is 6.63. The number of fused-ring (bicyclic) bond motifs is 3. The van der Waals surface area contributed by atoms with Crippen LogP contribution in [0.15, 0.2) is 42.5 Å². The minimum Gasteiger partial charge on any atom is -0.299 e. The smallest absolute Gasteiger partial charge is 0.233 e. The van der Waals surface area contributed by atoms with Crippen LogP contribution in [0.5, 0.6) is 0 Å². The number of nitrogens with one attached hydrogen (secondary N) is 1. The van der Waals surface area contributed by atoms with Crippen LogP contribution < -0.4 is 4.72 Å². The fourth-order valence-corrected chi connectivity index (χ4v) is 6.86. The van der Waals surface area contributed by atoms with Crippen LogP contribution in [0, 0.1) is 16.7 Å². The summed E-state index contributed by atoms with van der Waals surface area (Å²) >= 11 is 0. The molecule has 0 spiro atoms. The third-order valence-corrected chi connectivity index (χ3v) is 8.03. The van der Waals surface area contributed by atoms with Crippen molar-refractivity contribution < 1.29 is 13.2 Å². The highest BCUT2D eigenvalue weighted by Gasteiger charge is 2.65. The molecule has 2 unspecified atom stereocenters. The number of Topliss-reactive ketones (excluding diaryl/α,β-unsaturated/α-hetero) is 1. The lowest BCUT2D eigenvalue weighted by molar-refractivity contribution is -0.128. The fourth-order valence-electron chi connectivity index (χ4n) is 4.95. The monoisotopic (exact) mass is 357 g/mol. The standard InChI is InChI=1S/C20H23NO3S/c1-19(2)15-10-11-20(19,18(22)12-15)13-25(23,24)21-17-9-5-7-14-6-3-4-8-16(14)17/h3-9,15,21H,10-13H2,1-2H3. The highest BCUT2D eigenvalue weighted by atomic mass is 32.2. The Morgan fingerprint density at radius 3 is 2.52 bits per heavy atom. The summed E-state index contributed by atoms with van der Waals surface area (Å²) in [6.07, 6.45) is 2.15. The molecule has 1 N–H and O–H groups in total. The number of ketones is 1. The Hall–Kier alpha value is -1.88. The molecule has 0 radical (unpaired) electrons. The second-order valence-electron chi connectivity index (χ2n) is 8.05. The molecule has 0 heterocycles. The van der Waals surface area contributed by atoms with Gasteiger partial charge in [0.1, 0.15) is 5.78 Å². The zero-order valence-electron chi connectivity index (χ0n) is 14.6. The first kappa shape index (κ1) is 16.6. The number of hydrogen-bond acceptors (Lipinski definition) is 3. The molecule has 25 heavy (non-hydrogen) atoms. The van der Waals surface area contributed by atoms with E-state index < -0.39 is 15.4 Å². The molecule has 0 amide bonds. The SMILES string of the molecule is CC1(C)C2CCC1(CS(=O)(=O)Nc1cccc3ccccc13)C(=O)C2. The van der Waals surface area contributed by atoms with E-state index in [0.29, 0.717) is 24.4 Å². The molecule has 4 nitrogen and oxygen atoms in total. The van der Waals surface area contributed by atoms with E-state index >= 15 is 0 Å². The first-order chi connectivity index (χ1) is 11.8. The van der Waals surface area contributed by atoms with Crippen LogP contribution in [0.4, 0.5) is 5.69 Å². The van der Waals surface area contributed by atoms with Gasteiger partial charge in [0, 0.05) is 11.8 Å². The van der Waals surface area contributed by atoms with Gasteiger partial charge in [0.05, 0.1) is 16.9 Å². The van der Waals surface area contributed by atoms with E-state index in [1.54, 1.807) is 6.07 Å². The molecule has 2 aromatic carbocycles. The van der Waals surface area contributed by atoms with Crippen molar-refractivity contribution in [2.75, 3.05) is 10.5 Å². The van der Waals surface area contributed by atoms with Gasteiger partial charge in [-0.3, -0.25) is 9.52 Å². The predicted molar refractivity (Wildman–Crippen MR) is 99.9 cm³/mol. The largest absolute Gasteiger partial charge is 0.299 e. The van der Waals surface area contributed by atoms with Crippen molar-refractivity contribution >= 4 is 32.3 Å². The Kier molecular flexibility index (Phi) is 3.52. The maximum Gasteiger partial charge on any atom is 0.233 e. The van der Waals surface area contributed by atoms with Gasteiger partial charge in [-0.1, -0.05) is 50.2 Å².